The van der Waals surface area contributed by atoms with Crippen molar-refractivity contribution >= 4 is 11.8 Å². The van der Waals surface area contributed by atoms with Crippen molar-refractivity contribution in [1.29, 1.82) is 5.26 Å². The van der Waals surface area contributed by atoms with Gasteiger partial charge in [0.05, 0.1) is 23.7 Å². The molecule has 3 aromatic carbocycles. The van der Waals surface area contributed by atoms with E-state index in [-0.39, 0.29) is 6.61 Å². The van der Waals surface area contributed by atoms with Crippen LogP contribution in [0.25, 0.3) is 11.3 Å². The number of nitrogens with one attached hydrogen (secondary N) is 2. The SMILES string of the molecule is N#Cc1ccc(OCC(=O)NNC(=O)c2cn(Cc3ccccc3)nc2-c2ccccc2)cc1. The second kappa shape index (κ2) is 10.6. The summed E-state index contributed by atoms with van der Waals surface area (Å²) in [5, 5.41) is 13.4. The lowest BCUT2D eigenvalue weighted by molar-refractivity contribution is -0.123. The average molecular weight is 451 g/mol. The number of ether oxygens (including phenoxy) is 1. The van der Waals surface area contributed by atoms with E-state index in [2.05, 4.69) is 16.0 Å². The van der Waals surface area contributed by atoms with Gasteiger partial charge in [-0.25, -0.2) is 0 Å². The maximum atomic E-state index is 12.9. The number of aromatic nitrogens is 2. The molecule has 8 heteroatoms. The number of rotatable bonds is 7. The maximum Gasteiger partial charge on any atom is 0.276 e. The van der Waals surface area contributed by atoms with Crippen molar-refractivity contribution in [3.63, 3.8) is 0 Å². The van der Waals surface area contributed by atoms with Gasteiger partial charge in [-0.05, 0) is 29.8 Å². The van der Waals surface area contributed by atoms with Crippen LogP contribution in [0.15, 0.2) is 91.1 Å². The van der Waals surface area contributed by atoms with Gasteiger partial charge in [-0.3, -0.25) is 25.1 Å². The lowest BCUT2D eigenvalue weighted by atomic mass is 10.1. The molecule has 2 N–H and O–H groups in total. The first-order chi connectivity index (χ1) is 16.6. The Hall–Kier alpha value is -4.90. The van der Waals surface area contributed by atoms with Gasteiger partial charge in [0.15, 0.2) is 6.61 Å². The molecule has 4 rings (SSSR count). The van der Waals surface area contributed by atoms with Crippen molar-refractivity contribution in [2.24, 2.45) is 0 Å². The van der Waals surface area contributed by atoms with Crippen LogP contribution in [-0.4, -0.2) is 28.2 Å². The molecule has 0 unspecified atom stereocenters. The fourth-order valence-corrected chi connectivity index (χ4v) is 3.25. The first-order valence-corrected chi connectivity index (χ1v) is 10.5. The predicted molar refractivity (Wildman–Crippen MR) is 125 cm³/mol. The zero-order valence-electron chi connectivity index (χ0n) is 18.1. The molecule has 8 nitrogen and oxygen atoms in total. The van der Waals surface area contributed by atoms with Gasteiger partial charge in [0.25, 0.3) is 11.8 Å². The minimum Gasteiger partial charge on any atom is -0.484 e. The number of nitriles is 1. The van der Waals surface area contributed by atoms with Crippen molar-refractivity contribution in [1.82, 2.24) is 20.6 Å². The molecule has 0 aliphatic rings. The molecule has 0 aliphatic carbocycles. The molecule has 0 fully saturated rings. The Morgan fingerprint density at radius 3 is 2.26 bits per heavy atom. The summed E-state index contributed by atoms with van der Waals surface area (Å²) in [7, 11) is 0. The van der Waals surface area contributed by atoms with Crippen LogP contribution in [0.1, 0.15) is 21.5 Å². The molecule has 0 bridgehead atoms. The quantitative estimate of drug-likeness (QED) is 0.419. The molecule has 0 atom stereocenters. The van der Waals surface area contributed by atoms with Crippen LogP contribution < -0.4 is 15.6 Å². The molecule has 0 radical (unpaired) electrons. The third-order valence-corrected chi connectivity index (χ3v) is 4.91. The number of hydrogen-bond acceptors (Lipinski definition) is 5. The highest BCUT2D eigenvalue weighted by atomic mass is 16.5. The number of carbonyl (C=O) groups is 2. The van der Waals surface area contributed by atoms with Gasteiger partial charge in [-0.1, -0.05) is 60.7 Å². The van der Waals surface area contributed by atoms with Crippen molar-refractivity contribution in [2.45, 2.75) is 6.54 Å². The first kappa shape index (κ1) is 22.3. The summed E-state index contributed by atoms with van der Waals surface area (Å²) in [6.07, 6.45) is 1.66. The van der Waals surface area contributed by atoms with Crippen LogP contribution >= 0.6 is 0 Å². The third-order valence-electron chi connectivity index (χ3n) is 4.91. The summed E-state index contributed by atoms with van der Waals surface area (Å²) >= 11 is 0. The summed E-state index contributed by atoms with van der Waals surface area (Å²) in [5.74, 6) is -0.588. The zero-order chi connectivity index (χ0) is 23.8. The van der Waals surface area contributed by atoms with Crippen molar-refractivity contribution in [3.8, 4) is 23.1 Å². The molecular formula is C26H21N5O3. The summed E-state index contributed by atoms with van der Waals surface area (Å²) in [6.45, 7) is 0.198. The van der Waals surface area contributed by atoms with E-state index in [1.165, 1.54) is 0 Å². The van der Waals surface area contributed by atoms with Gasteiger partial charge in [-0.2, -0.15) is 10.4 Å². The average Bonchev–Trinajstić information content (AvgIpc) is 3.31. The molecular weight excluding hydrogens is 430 g/mol. The van der Waals surface area contributed by atoms with E-state index in [1.807, 2.05) is 66.7 Å². The highest BCUT2D eigenvalue weighted by Crippen LogP contribution is 2.22. The Morgan fingerprint density at radius 2 is 1.59 bits per heavy atom. The van der Waals surface area contributed by atoms with E-state index in [1.54, 1.807) is 35.1 Å². The molecule has 0 aliphatic heterocycles. The summed E-state index contributed by atoms with van der Waals surface area (Å²) in [4.78, 5) is 25.1. The van der Waals surface area contributed by atoms with Crippen LogP contribution in [-0.2, 0) is 11.3 Å². The largest absolute Gasteiger partial charge is 0.484 e. The summed E-state index contributed by atoms with van der Waals surface area (Å²) < 4.78 is 7.08. The molecule has 0 saturated carbocycles. The van der Waals surface area contributed by atoms with Crippen molar-refractivity contribution in [3.05, 3.63) is 108 Å². The predicted octanol–water partition coefficient (Wildman–Crippen LogP) is 3.31. The number of amides is 2. The van der Waals surface area contributed by atoms with Gasteiger partial charge < -0.3 is 4.74 Å². The topological polar surface area (TPSA) is 109 Å². The van der Waals surface area contributed by atoms with Crippen LogP contribution in [0.5, 0.6) is 5.75 Å². The second-order valence-electron chi connectivity index (χ2n) is 7.37. The van der Waals surface area contributed by atoms with Crippen molar-refractivity contribution < 1.29 is 14.3 Å². The number of benzene rings is 3. The van der Waals surface area contributed by atoms with E-state index < -0.39 is 11.8 Å². The highest BCUT2D eigenvalue weighted by Gasteiger charge is 2.19. The first-order valence-electron chi connectivity index (χ1n) is 10.5. The summed E-state index contributed by atoms with van der Waals surface area (Å²) in [6, 6.07) is 27.5. The monoisotopic (exact) mass is 451 g/mol. The Balaban J connectivity index is 1.42. The summed E-state index contributed by atoms with van der Waals surface area (Å²) in [5.41, 5.74) is 7.95. The van der Waals surface area contributed by atoms with E-state index in [9.17, 15) is 9.59 Å². The Kier molecular flexibility index (Phi) is 6.96. The van der Waals surface area contributed by atoms with Crippen LogP contribution in [0.4, 0.5) is 0 Å². The number of nitrogens with zero attached hydrogens (tertiary/aromatic N) is 3. The molecule has 4 aromatic rings. The van der Waals surface area contributed by atoms with Gasteiger partial charge in [0.1, 0.15) is 11.4 Å². The lowest BCUT2D eigenvalue weighted by Gasteiger charge is -2.09. The molecule has 1 aromatic heterocycles. The maximum absolute atomic E-state index is 12.9. The number of hydrazine groups is 1. The fourth-order valence-electron chi connectivity index (χ4n) is 3.25. The Labute approximate surface area is 196 Å². The van der Waals surface area contributed by atoms with Crippen LogP contribution in [0.3, 0.4) is 0 Å². The van der Waals surface area contributed by atoms with Gasteiger partial charge in [0.2, 0.25) is 0 Å². The standard InChI is InChI=1S/C26H21N5O3/c27-15-19-11-13-22(14-12-19)34-18-24(32)28-29-26(33)23-17-31(16-20-7-3-1-4-8-20)30-25(23)21-9-5-2-6-10-21/h1-14,17H,16,18H2,(H,28,32)(H,29,33). The Morgan fingerprint density at radius 1 is 0.912 bits per heavy atom. The smallest absolute Gasteiger partial charge is 0.276 e. The minimum atomic E-state index is -0.532. The van der Waals surface area contributed by atoms with Crippen molar-refractivity contribution in [2.75, 3.05) is 6.61 Å². The molecule has 168 valence electrons. The molecule has 1 heterocycles. The number of carbonyl (C=O) groups excluding carboxylic acids is 2. The highest BCUT2D eigenvalue weighted by molar-refractivity contribution is 6.00. The van der Waals surface area contributed by atoms with Gasteiger partial charge in [0, 0.05) is 11.8 Å². The third kappa shape index (κ3) is 5.66. The molecule has 0 spiro atoms. The number of hydrogen-bond donors (Lipinski definition) is 2. The Bertz CT molecular complexity index is 1310. The molecule has 34 heavy (non-hydrogen) atoms. The lowest BCUT2D eigenvalue weighted by Crippen LogP contribution is -2.43. The van der Waals surface area contributed by atoms with E-state index in [0.29, 0.717) is 29.1 Å². The minimum absolute atomic E-state index is 0.301. The van der Waals surface area contributed by atoms with Crippen LogP contribution in [0, 0.1) is 11.3 Å². The fraction of sp³-hybridized carbons (Fsp3) is 0.0769. The molecule has 0 saturated heterocycles. The normalized spacial score (nSPS) is 10.2. The van der Waals surface area contributed by atoms with Gasteiger partial charge >= 0.3 is 0 Å². The van der Waals surface area contributed by atoms with Gasteiger partial charge in [-0.15, -0.1) is 0 Å². The van der Waals surface area contributed by atoms with E-state index in [0.717, 1.165) is 11.1 Å². The van der Waals surface area contributed by atoms with Crippen LogP contribution in [0.2, 0.25) is 0 Å². The van der Waals surface area contributed by atoms with E-state index in [4.69, 9.17) is 10.00 Å². The molecule has 2 amide bonds. The van der Waals surface area contributed by atoms with E-state index >= 15 is 0 Å². The second-order valence-corrected chi connectivity index (χ2v) is 7.37. The zero-order valence-corrected chi connectivity index (χ0v) is 18.1.